The van der Waals surface area contributed by atoms with Crippen LogP contribution < -0.4 is 0 Å². The standard InChI is InChI=1S/C15H26O3/c1-12(2)6-5-7-13(3)8-14(16)18-11-15(4)9-17-10-15/h6,13H,5,7-11H2,1-4H3. The Morgan fingerprint density at radius 1 is 1.44 bits per heavy atom. The van der Waals surface area contributed by atoms with Gasteiger partial charge in [-0.3, -0.25) is 4.79 Å². The number of hydrogen-bond donors (Lipinski definition) is 0. The second kappa shape index (κ2) is 6.93. The highest BCUT2D eigenvalue weighted by Crippen LogP contribution is 2.26. The fourth-order valence-electron chi connectivity index (χ4n) is 1.89. The van der Waals surface area contributed by atoms with Crippen LogP contribution in [0, 0.1) is 11.3 Å². The summed E-state index contributed by atoms with van der Waals surface area (Å²) in [6, 6.07) is 0. The first-order valence-electron chi connectivity index (χ1n) is 6.78. The van der Waals surface area contributed by atoms with Gasteiger partial charge in [-0.25, -0.2) is 0 Å². The average molecular weight is 254 g/mol. The normalized spacial score (nSPS) is 18.7. The van der Waals surface area contributed by atoms with Crippen molar-refractivity contribution in [2.45, 2.75) is 47.0 Å². The maximum absolute atomic E-state index is 11.7. The zero-order chi connectivity index (χ0) is 13.6. The van der Waals surface area contributed by atoms with Crippen LogP contribution in [0.5, 0.6) is 0 Å². The number of esters is 1. The molecule has 0 saturated carbocycles. The van der Waals surface area contributed by atoms with E-state index in [0.29, 0.717) is 32.2 Å². The Morgan fingerprint density at radius 2 is 2.11 bits per heavy atom. The van der Waals surface area contributed by atoms with Crippen molar-refractivity contribution in [2.24, 2.45) is 11.3 Å². The van der Waals surface area contributed by atoms with Crippen LogP contribution in [0.2, 0.25) is 0 Å². The molecule has 0 spiro atoms. The van der Waals surface area contributed by atoms with Crippen LogP contribution in [0.4, 0.5) is 0 Å². The van der Waals surface area contributed by atoms with Gasteiger partial charge in [0.25, 0.3) is 0 Å². The predicted molar refractivity (Wildman–Crippen MR) is 72.3 cm³/mol. The summed E-state index contributed by atoms with van der Waals surface area (Å²) < 4.78 is 10.4. The van der Waals surface area contributed by atoms with Gasteiger partial charge >= 0.3 is 5.97 Å². The summed E-state index contributed by atoms with van der Waals surface area (Å²) in [5.74, 6) is 0.311. The number of ether oxygens (including phenoxy) is 2. The molecule has 1 fully saturated rings. The van der Waals surface area contributed by atoms with Crippen molar-refractivity contribution >= 4 is 5.97 Å². The maximum Gasteiger partial charge on any atom is 0.306 e. The average Bonchev–Trinajstić information content (AvgIpc) is 2.23. The molecule has 0 aromatic rings. The zero-order valence-electron chi connectivity index (χ0n) is 12.1. The molecule has 1 unspecified atom stereocenters. The van der Waals surface area contributed by atoms with E-state index in [9.17, 15) is 4.79 Å². The highest BCUT2D eigenvalue weighted by atomic mass is 16.5. The van der Waals surface area contributed by atoms with Crippen LogP contribution >= 0.6 is 0 Å². The molecule has 0 radical (unpaired) electrons. The van der Waals surface area contributed by atoms with Gasteiger partial charge in [0, 0.05) is 11.8 Å². The lowest BCUT2D eigenvalue weighted by atomic mass is 9.90. The van der Waals surface area contributed by atoms with E-state index in [4.69, 9.17) is 9.47 Å². The Labute approximate surface area is 111 Å². The molecule has 1 saturated heterocycles. The van der Waals surface area contributed by atoms with Crippen LogP contribution in [0.15, 0.2) is 11.6 Å². The van der Waals surface area contributed by atoms with E-state index in [1.807, 2.05) is 0 Å². The van der Waals surface area contributed by atoms with Gasteiger partial charge in [-0.2, -0.15) is 0 Å². The number of hydrogen-bond acceptors (Lipinski definition) is 3. The van der Waals surface area contributed by atoms with E-state index >= 15 is 0 Å². The number of carbonyl (C=O) groups is 1. The van der Waals surface area contributed by atoms with E-state index in [1.165, 1.54) is 5.57 Å². The van der Waals surface area contributed by atoms with Crippen LogP contribution in [-0.4, -0.2) is 25.8 Å². The minimum atomic E-state index is -0.0761. The van der Waals surface area contributed by atoms with Crippen molar-refractivity contribution in [3.05, 3.63) is 11.6 Å². The van der Waals surface area contributed by atoms with Gasteiger partial charge in [0.05, 0.1) is 13.2 Å². The Balaban J connectivity index is 2.13. The third kappa shape index (κ3) is 5.67. The summed E-state index contributed by atoms with van der Waals surface area (Å²) in [5, 5.41) is 0. The van der Waals surface area contributed by atoms with Gasteiger partial charge in [-0.1, -0.05) is 25.5 Å². The molecule has 0 aromatic heterocycles. The van der Waals surface area contributed by atoms with Crippen LogP contribution in [-0.2, 0) is 14.3 Å². The van der Waals surface area contributed by atoms with Crippen molar-refractivity contribution in [3.8, 4) is 0 Å². The van der Waals surface area contributed by atoms with E-state index in [-0.39, 0.29) is 11.4 Å². The van der Waals surface area contributed by atoms with Gasteiger partial charge in [-0.05, 0) is 32.6 Å². The van der Waals surface area contributed by atoms with E-state index < -0.39 is 0 Å². The minimum Gasteiger partial charge on any atom is -0.465 e. The molecule has 0 bridgehead atoms. The Morgan fingerprint density at radius 3 is 2.61 bits per heavy atom. The molecular weight excluding hydrogens is 228 g/mol. The number of rotatable bonds is 7. The lowest BCUT2D eigenvalue weighted by Gasteiger charge is -2.37. The molecule has 1 atom stereocenters. The van der Waals surface area contributed by atoms with Crippen LogP contribution in [0.25, 0.3) is 0 Å². The zero-order valence-corrected chi connectivity index (χ0v) is 12.1. The Hall–Kier alpha value is -0.830. The lowest BCUT2D eigenvalue weighted by molar-refractivity contribution is -0.166. The monoisotopic (exact) mass is 254 g/mol. The third-order valence-corrected chi connectivity index (χ3v) is 3.21. The molecule has 3 nitrogen and oxygen atoms in total. The summed E-state index contributed by atoms with van der Waals surface area (Å²) in [4.78, 5) is 11.7. The summed E-state index contributed by atoms with van der Waals surface area (Å²) in [6.45, 7) is 10.3. The molecule has 0 N–H and O–H groups in total. The first-order chi connectivity index (χ1) is 8.41. The highest BCUT2D eigenvalue weighted by molar-refractivity contribution is 5.69. The molecule has 0 aromatic carbocycles. The summed E-state index contributed by atoms with van der Waals surface area (Å²) >= 11 is 0. The quantitative estimate of drug-likeness (QED) is 0.516. The third-order valence-electron chi connectivity index (χ3n) is 3.21. The molecule has 3 heteroatoms. The van der Waals surface area contributed by atoms with E-state index in [1.54, 1.807) is 0 Å². The molecule has 18 heavy (non-hydrogen) atoms. The number of carbonyl (C=O) groups excluding carboxylic acids is 1. The van der Waals surface area contributed by atoms with Crippen LogP contribution in [0.1, 0.15) is 47.0 Å². The lowest BCUT2D eigenvalue weighted by Crippen LogP contribution is -2.44. The second-order valence-corrected chi connectivity index (χ2v) is 6.13. The van der Waals surface area contributed by atoms with Crippen molar-refractivity contribution in [3.63, 3.8) is 0 Å². The fourth-order valence-corrected chi connectivity index (χ4v) is 1.89. The molecule has 1 rings (SSSR count). The summed E-state index contributed by atoms with van der Waals surface area (Å²) in [7, 11) is 0. The van der Waals surface area contributed by atoms with Crippen LogP contribution in [0.3, 0.4) is 0 Å². The largest absolute Gasteiger partial charge is 0.465 e. The summed E-state index contributed by atoms with van der Waals surface area (Å²) in [5.41, 5.74) is 1.39. The first-order valence-corrected chi connectivity index (χ1v) is 6.78. The topological polar surface area (TPSA) is 35.5 Å². The van der Waals surface area contributed by atoms with Crippen molar-refractivity contribution < 1.29 is 14.3 Å². The van der Waals surface area contributed by atoms with Crippen molar-refractivity contribution in [1.82, 2.24) is 0 Å². The van der Waals surface area contributed by atoms with Gasteiger partial charge in [-0.15, -0.1) is 0 Å². The Bertz CT molecular complexity index is 299. The van der Waals surface area contributed by atoms with Gasteiger partial charge < -0.3 is 9.47 Å². The smallest absolute Gasteiger partial charge is 0.306 e. The molecule has 1 heterocycles. The molecule has 1 aliphatic heterocycles. The molecule has 104 valence electrons. The van der Waals surface area contributed by atoms with E-state index in [0.717, 1.165) is 12.8 Å². The maximum atomic E-state index is 11.7. The van der Waals surface area contributed by atoms with Gasteiger partial charge in [0.2, 0.25) is 0 Å². The highest BCUT2D eigenvalue weighted by Gasteiger charge is 2.34. The molecular formula is C15H26O3. The van der Waals surface area contributed by atoms with Gasteiger partial charge in [0.1, 0.15) is 6.61 Å². The SMILES string of the molecule is CC(C)=CCCC(C)CC(=O)OCC1(C)COC1. The van der Waals surface area contributed by atoms with Gasteiger partial charge in [0.15, 0.2) is 0 Å². The molecule has 1 aliphatic rings. The minimum absolute atomic E-state index is 0.0565. The van der Waals surface area contributed by atoms with E-state index in [2.05, 4.69) is 33.8 Å². The number of allylic oxidation sites excluding steroid dienone is 2. The molecule has 0 aliphatic carbocycles. The predicted octanol–water partition coefficient (Wildman–Crippen LogP) is 3.34. The first kappa shape index (κ1) is 15.2. The van der Waals surface area contributed by atoms with Crippen molar-refractivity contribution in [2.75, 3.05) is 19.8 Å². The fraction of sp³-hybridized carbons (Fsp3) is 0.800. The molecule has 0 amide bonds. The Kier molecular flexibility index (Phi) is 5.86. The second-order valence-electron chi connectivity index (χ2n) is 6.13. The summed E-state index contributed by atoms with van der Waals surface area (Å²) in [6.07, 6.45) is 4.82. The van der Waals surface area contributed by atoms with Crippen molar-refractivity contribution in [1.29, 1.82) is 0 Å².